The zero-order valence-corrected chi connectivity index (χ0v) is 15.1. The van der Waals surface area contributed by atoms with Crippen molar-refractivity contribution in [3.05, 3.63) is 0 Å². The van der Waals surface area contributed by atoms with Crippen LogP contribution in [0.2, 0.25) is 0 Å². The molecule has 5 fully saturated rings. The number of carbonyl (C=O) groups excluding carboxylic acids is 2. The predicted octanol–water partition coefficient (Wildman–Crippen LogP) is 3.54. The van der Waals surface area contributed by atoms with Gasteiger partial charge < -0.3 is 9.64 Å². The topological polar surface area (TPSA) is 46.6 Å². The van der Waals surface area contributed by atoms with Crippen LogP contribution in [-0.4, -0.2) is 35.5 Å². The summed E-state index contributed by atoms with van der Waals surface area (Å²) in [5, 5.41) is 0. The Morgan fingerprint density at radius 3 is 1.96 bits per heavy atom. The Morgan fingerprint density at radius 1 is 0.958 bits per heavy atom. The van der Waals surface area contributed by atoms with Crippen molar-refractivity contribution in [1.29, 1.82) is 0 Å². The van der Waals surface area contributed by atoms with Gasteiger partial charge in [0.1, 0.15) is 0 Å². The summed E-state index contributed by atoms with van der Waals surface area (Å²) in [5.74, 6) is 2.09. The van der Waals surface area contributed by atoms with E-state index in [0.717, 1.165) is 49.9 Å². The van der Waals surface area contributed by atoms with Crippen LogP contribution in [0.25, 0.3) is 0 Å². The molecule has 4 nitrogen and oxygen atoms in total. The number of nitrogens with zero attached hydrogens (tertiary/aromatic N) is 1. The van der Waals surface area contributed by atoms with E-state index in [2.05, 4.69) is 13.8 Å². The number of ether oxygens (including phenoxy) is 1. The van der Waals surface area contributed by atoms with Crippen molar-refractivity contribution in [3.63, 3.8) is 0 Å². The summed E-state index contributed by atoms with van der Waals surface area (Å²) >= 11 is 0. The van der Waals surface area contributed by atoms with Gasteiger partial charge in [0.25, 0.3) is 5.91 Å². The fraction of sp³-hybridized carbons (Fsp3) is 0.900. The highest BCUT2D eigenvalue weighted by atomic mass is 16.5. The van der Waals surface area contributed by atoms with Crippen LogP contribution in [0.4, 0.5) is 0 Å². The largest absolute Gasteiger partial charge is 0.455 e. The highest BCUT2D eigenvalue weighted by molar-refractivity contribution is 5.83. The summed E-state index contributed by atoms with van der Waals surface area (Å²) in [6.07, 6.45) is 10.2. The van der Waals surface area contributed by atoms with E-state index >= 15 is 0 Å². The normalized spacial score (nSPS) is 43.8. The molecule has 0 spiro atoms. The molecule has 5 rings (SSSR count). The Balaban J connectivity index is 1.37. The second-order valence-corrected chi connectivity index (χ2v) is 9.20. The maximum absolute atomic E-state index is 12.9. The molecular weight excluding hydrogens is 302 g/mol. The molecule has 4 heteroatoms. The molecule has 24 heavy (non-hydrogen) atoms. The van der Waals surface area contributed by atoms with Crippen molar-refractivity contribution in [2.24, 2.45) is 23.2 Å². The number of rotatable bonds is 3. The van der Waals surface area contributed by atoms with Gasteiger partial charge in [-0.05, 0) is 89.4 Å². The second-order valence-electron chi connectivity index (χ2n) is 9.20. The summed E-state index contributed by atoms with van der Waals surface area (Å²) in [6, 6.07) is 0.527. The van der Waals surface area contributed by atoms with Crippen molar-refractivity contribution >= 4 is 11.9 Å². The third-order valence-electron chi connectivity index (χ3n) is 7.28. The van der Waals surface area contributed by atoms with Crippen LogP contribution in [0.1, 0.15) is 71.6 Å². The van der Waals surface area contributed by atoms with Crippen LogP contribution in [0.15, 0.2) is 0 Å². The third-order valence-corrected chi connectivity index (χ3v) is 7.28. The molecule has 134 valence electrons. The van der Waals surface area contributed by atoms with Crippen LogP contribution < -0.4 is 0 Å². The van der Waals surface area contributed by atoms with Gasteiger partial charge in [0.05, 0.1) is 5.41 Å². The smallest absolute Gasteiger partial charge is 0.312 e. The fourth-order valence-electron chi connectivity index (χ4n) is 6.63. The van der Waals surface area contributed by atoms with E-state index in [1.165, 1.54) is 25.7 Å². The molecule has 5 aliphatic rings. The van der Waals surface area contributed by atoms with E-state index in [4.69, 9.17) is 4.74 Å². The van der Waals surface area contributed by atoms with Crippen LogP contribution in [0, 0.1) is 23.2 Å². The van der Waals surface area contributed by atoms with Gasteiger partial charge in [0.15, 0.2) is 6.61 Å². The standard InChI is InChI=1S/C20H31NO3/c1-13-4-3-5-14(2)21(13)18(22)12-24-19(23)20-9-15-6-16(10-20)8-17(7-15)11-20/h13-17H,3-12H2,1-2H3. The second kappa shape index (κ2) is 6.03. The molecule has 2 unspecified atom stereocenters. The number of carbonyl (C=O) groups is 2. The lowest BCUT2D eigenvalue weighted by molar-refractivity contribution is -0.175. The SMILES string of the molecule is CC1CCCC(C)N1C(=O)COC(=O)C12CC3CC(CC(C3)C1)C2. The molecular formula is C20H31NO3. The van der Waals surface area contributed by atoms with Gasteiger partial charge in [-0.2, -0.15) is 0 Å². The first kappa shape index (κ1) is 16.4. The summed E-state index contributed by atoms with van der Waals surface area (Å²) in [4.78, 5) is 27.4. The Labute approximate surface area is 145 Å². The molecule has 0 radical (unpaired) electrons. The molecule has 1 aliphatic heterocycles. The van der Waals surface area contributed by atoms with Crippen molar-refractivity contribution in [3.8, 4) is 0 Å². The molecule has 4 bridgehead atoms. The average Bonchev–Trinajstić information content (AvgIpc) is 2.51. The van der Waals surface area contributed by atoms with Gasteiger partial charge in [-0.25, -0.2) is 0 Å². The summed E-state index contributed by atoms with van der Waals surface area (Å²) < 4.78 is 5.61. The fourth-order valence-corrected chi connectivity index (χ4v) is 6.63. The molecule has 0 aromatic heterocycles. The van der Waals surface area contributed by atoms with Crippen LogP contribution in [-0.2, 0) is 14.3 Å². The van der Waals surface area contributed by atoms with E-state index in [-0.39, 0.29) is 36.0 Å². The van der Waals surface area contributed by atoms with Crippen LogP contribution in [0.3, 0.4) is 0 Å². The monoisotopic (exact) mass is 333 g/mol. The summed E-state index contributed by atoms with van der Waals surface area (Å²) in [5.41, 5.74) is -0.256. The van der Waals surface area contributed by atoms with Crippen molar-refractivity contribution in [2.45, 2.75) is 83.7 Å². The molecule has 4 aliphatic carbocycles. The number of hydrogen-bond donors (Lipinski definition) is 0. The maximum Gasteiger partial charge on any atom is 0.312 e. The minimum absolute atomic E-state index is 0.00669. The van der Waals surface area contributed by atoms with Gasteiger partial charge in [-0.1, -0.05) is 0 Å². The number of esters is 1. The van der Waals surface area contributed by atoms with E-state index in [1.54, 1.807) is 0 Å². The molecule has 0 aromatic carbocycles. The van der Waals surface area contributed by atoms with Gasteiger partial charge in [0, 0.05) is 12.1 Å². The zero-order valence-electron chi connectivity index (χ0n) is 15.1. The Bertz CT molecular complexity index is 484. The lowest BCUT2D eigenvalue weighted by Gasteiger charge is -2.55. The Kier molecular flexibility index (Phi) is 4.12. The van der Waals surface area contributed by atoms with E-state index < -0.39 is 0 Å². The highest BCUT2D eigenvalue weighted by Crippen LogP contribution is 2.60. The molecule has 1 saturated heterocycles. The minimum atomic E-state index is -0.256. The lowest BCUT2D eigenvalue weighted by atomic mass is 9.49. The molecule has 0 N–H and O–H groups in total. The molecule has 4 saturated carbocycles. The minimum Gasteiger partial charge on any atom is -0.455 e. The third kappa shape index (κ3) is 2.76. The van der Waals surface area contributed by atoms with Crippen LogP contribution >= 0.6 is 0 Å². The quantitative estimate of drug-likeness (QED) is 0.742. The van der Waals surface area contributed by atoms with Crippen molar-refractivity contribution in [1.82, 2.24) is 4.90 Å². The first-order valence-electron chi connectivity index (χ1n) is 9.95. The van der Waals surface area contributed by atoms with E-state index in [0.29, 0.717) is 0 Å². The lowest BCUT2D eigenvalue weighted by Crippen LogP contribution is -2.52. The number of piperidine rings is 1. The van der Waals surface area contributed by atoms with Gasteiger partial charge in [-0.3, -0.25) is 9.59 Å². The van der Waals surface area contributed by atoms with Crippen molar-refractivity contribution < 1.29 is 14.3 Å². The highest BCUT2D eigenvalue weighted by Gasteiger charge is 2.55. The summed E-state index contributed by atoms with van der Waals surface area (Å²) in [7, 11) is 0. The average molecular weight is 333 g/mol. The van der Waals surface area contributed by atoms with Gasteiger partial charge in [-0.15, -0.1) is 0 Å². The number of likely N-dealkylation sites (tertiary alicyclic amines) is 1. The Hall–Kier alpha value is -1.06. The van der Waals surface area contributed by atoms with Gasteiger partial charge in [0.2, 0.25) is 0 Å². The molecule has 2 atom stereocenters. The van der Waals surface area contributed by atoms with E-state index in [9.17, 15) is 9.59 Å². The maximum atomic E-state index is 12.9. The summed E-state index contributed by atoms with van der Waals surface area (Å²) in [6.45, 7) is 4.15. The first-order chi connectivity index (χ1) is 11.5. The van der Waals surface area contributed by atoms with Crippen LogP contribution in [0.5, 0.6) is 0 Å². The number of hydrogen-bond acceptors (Lipinski definition) is 3. The van der Waals surface area contributed by atoms with Crippen molar-refractivity contribution in [2.75, 3.05) is 6.61 Å². The van der Waals surface area contributed by atoms with E-state index in [1.807, 2.05) is 4.90 Å². The predicted molar refractivity (Wildman–Crippen MR) is 91.2 cm³/mol. The zero-order chi connectivity index (χ0) is 16.9. The Morgan fingerprint density at radius 2 is 1.46 bits per heavy atom. The number of amides is 1. The molecule has 1 heterocycles. The molecule has 1 amide bonds. The van der Waals surface area contributed by atoms with Gasteiger partial charge >= 0.3 is 5.97 Å². The first-order valence-corrected chi connectivity index (χ1v) is 9.95. The molecule has 0 aromatic rings.